The summed E-state index contributed by atoms with van der Waals surface area (Å²) in [5.74, 6) is -0.457. The smallest absolute Gasteiger partial charge is 0.198 e. The zero-order valence-corrected chi connectivity index (χ0v) is 12.1. The number of hydrogen-bond acceptors (Lipinski definition) is 5. The van der Waals surface area contributed by atoms with Gasteiger partial charge in [0.15, 0.2) is 0 Å². The van der Waals surface area contributed by atoms with Crippen molar-refractivity contribution in [3.05, 3.63) is 0 Å². The molecule has 0 spiro atoms. The van der Waals surface area contributed by atoms with Crippen molar-refractivity contribution in [2.75, 3.05) is 11.5 Å². The highest BCUT2D eigenvalue weighted by molar-refractivity contribution is 7.99. The van der Waals surface area contributed by atoms with Gasteiger partial charge in [-0.1, -0.05) is 39.5 Å². The van der Waals surface area contributed by atoms with E-state index in [9.17, 15) is 16.8 Å². The van der Waals surface area contributed by atoms with Crippen LogP contribution in [0.4, 0.5) is 0 Å². The maximum Gasteiger partial charge on any atom is 0.281 e. The zero-order valence-electron chi connectivity index (χ0n) is 10.5. The minimum atomic E-state index is -3.94. The van der Waals surface area contributed by atoms with Gasteiger partial charge in [0.2, 0.25) is 0 Å². The van der Waals surface area contributed by atoms with Gasteiger partial charge < -0.3 is 0 Å². The lowest BCUT2D eigenvalue weighted by Crippen LogP contribution is -2.19. The Morgan fingerprint density at radius 1 is 0.706 bits per heavy atom. The van der Waals surface area contributed by atoms with Crippen LogP contribution in [0.2, 0.25) is 0 Å². The van der Waals surface area contributed by atoms with Crippen LogP contribution in [0.1, 0.15) is 52.4 Å². The second-order valence-electron chi connectivity index (χ2n) is 4.01. The van der Waals surface area contributed by atoms with Gasteiger partial charge in [-0.3, -0.25) is 0 Å². The van der Waals surface area contributed by atoms with Gasteiger partial charge in [0, 0.05) is 0 Å². The van der Waals surface area contributed by atoms with E-state index in [0.717, 1.165) is 25.7 Å². The van der Waals surface area contributed by atoms with Gasteiger partial charge in [0.1, 0.15) is 0 Å². The van der Waals surface area contributed by atoms with E-state index >= 15 is 0 Å². The molecule has 0 heterocycles. The topological polar surface area (TPSA) is 77.5 Å². The SMILES string of the molecule is CCCCCS(=O)(=O)OS(=O)(=O)CCCCC. The van der Waals surface area contributed by atoms with E-state index in [0.29, 0.717) is 12.8 Å². The first-order valence-corrected chi connectivity index (χ1v) is 9.15. The van der Waals surface area contributed by atoms with Crippen molar-refractivity contribution in [1.82, 2.24) is 0 Å². The van der Waals surface area contributed by atoms with Crippen molar-refractivity contribution >= 4 is 20.2 Å². The summed E-state index contributed by atoms with van der Waals surface area (Å²) in [6.45, 7) is 3.88. The van der Waals surface area contributed by atoms with E-state index in [1.54, 1.807) is 0 Å². The fraction of sp³-hybridized carbons (Fsp3) is 1.00. The first kappa shape index (κ1) is 16.9. The first-order chi connectivity index (χ1) is 7.83. The third kappa shape index (κ3) is 9.55. The molecule has 5 nitrogen and oxygen atoms in total. The average molecular weight is 286 g/mol. The standard InChI is InChI=1S/C10H22O5S2/c1-3-5-7-9-16(11,12)15-17(13,14)10-8-6-4-2/h3-10H2,1-2H3. The molecule has 17 heavy (non-hydrogen) atoms. The molecule has 0 amide bonds. The monoisotopic (exact) mass is 286 g/mol. The van der Waals surface area contributed by atoms with Crippen molar-refractivity contribution in [2.24, 2.45) is 0 Å². The summed E-state index contributed by atoms with van der Waals surface area (Å²) in [6.07, 6.45) is 4.11. The Balaban J connectivity index is 4.19. The minimum absolute atomic E-state index is 0.228. The van der Waals surface area contributed by atoms with Crippen LogP contribution in [-0.4, -0.2) is 28.3 Å². The molecule has 7 heteroatoms. The molecule has 0 aromatic carbocycles. The lowest BCUT2D eigenvalue weighted by Gasteiger charge is -2.05. The molecule has 0 N–H and O–H groups in total. The Morgan fingerprint density at radius 3 is 1.35 bits per heavy atom. The van der Waals surface area contributed by atoms with Crippen LogP contribution in [0.5, 0.6) is 0 Å². The molecule has 0 radical (unpaired) electrons. The molecule has 0 aromatic rings. The van der Waals surface area contributed by atoms with Gasteiger partial charge in [-0.05, 0) is 12.8 Å². The Morgan fingerprint density at radius 2 is 1.06 bits per heavy atom. The molecule has 0 fully saturated rings. The summed E-state index contributed by atoms with van der Waals surface area (Å²) in [4.78, 5) is 0. The van der Waals surface area contributed by atoms with E-state index in [2.05, 4.69) is 3.63 Å². The third-order valence-corrected chi connectivity index (χ3v) is 5.44. The maximum atomic E-state index is 11.4. The second kappa shape index (κ2) is 8.05. The molecule has 0 aliphatic heterocycles. The fourth-order valence-corrected chi connectivity index (χ4v) is 4.21. The largest absolute Gasteiger partial charge is 0.281 e. The Bertz CT molecular complexity index is 345. The van der Waals surface area contributed by atoms with E-state index < -0.39 is 20.2 Å². The highest BCUT2D eigenvalue weighted by Crippen LogP contribution is 2.08. The van der Waals surface area contributed by atoms with Gasteiger partial charge in [0.05, 0.1) is 11.5 Å². The van der Waals surface area contributed by atoms with Gasteiger partial charge in [-0.15, -0.1) is 3.63 Å². The summed E-state index contributed by atoms with van der Waals surface area (Å²) in [5.41, 5.74) is 0. The van der Waals surface area contributed by atoms with E-state index in [4.69, 9.17) is 0 Å². The third-order valence-electron chi connectivity index (χ3n) is 2.20. The summed E-state index contributed by atoms with van der Waals surface area (Å²) in [6, 6.07) is 0. The molecule has 0 unspecified atom stereocenters. The van der Waals surface area contributed by atoms with Crippen LogP contribution >= 0.6 is 0 Å². The molecule has 0 atom stereocenters. The first-order valence-electron chi connectivity index (χ1n) is 5.99. The van der Waals surface area contributed by atoms with Crippen molar-refractivity contribution in [1.29, 1.82) is 0 Å². The van der Waals surface area contributed by atoms with Crippen LogP contribution < -0.4 is 0 Å². The predicted octanol–water partition coefficient (Wildman–Crippen LogP) is 2.04. The minimum Gasteiger partial charge on any atom is -0.198 e. The predicted molar refractivity (Wildman–Crippen MR) is 67.7 cm³/mol. The normalized spacial score (nSPS) is 12.8. The Kier molecular flexibility index (Phi) is 7.98. The van der Waals surface area contributed by atoms with Gasteiger partial charge in [-0.25, -0.2) is 0 Å². The van der Waals surface area contributed by atoms with Gasteiger partial charge >= 0.3 is 0 Å². The van der Waals surface area contributed by atoms with Gasteiger partial charge in [0.25, 0.3) is 20.2 Å². The molecule has 0 rings (SSSR count). The van der Waals surface area contributed by atoms with E-state index in [1.165, 1.54) is 0 Å². The lowest BCUT2D eigenvalue weighted by molar-refractivity contribution is 0.458. The van der Waals surface area contributed by atoms with Crippen LogP contribution in [0.3, 0.4) is 0 Å². The molecule has 0 saturated heterocycles. The molecule has 0 saturated carbocycles. The van der Waals surface area contributed by atoms with Crippen molar-refractivity contribution in [2.45, 2.75) is 52.4 Å². The van der Waals surface area contributed by atoms with Crippen molar-refractivity contribution in [3.63, 3.8) is 0 Å². The second-order valence-corrected chi connectivity index (χ2v) is 7.60. The average Bonchev–Trinajstić information content (AvgIpc) is 2.16. The molecule has 104 valence electrons. The highest BCUT2D eigenvalue weighted by atomic mass is 32.3. The van der Waals surface area contributed by atoms with Crippen LogP contribution in [-0.2, 0) is 23.9 Å². The highest BCUT2D eigenvalue weighted by Gasteiger charge is 2.21. The molecular formula is C10H22O5S2. The van der Waals surface area contributed by atoms with Crippen molar-refractivity contribution in [3.8, 4) is 0 Å². The molecule has 0 aliphatic carbocycles. The van der Waals surface area contributed by atoms with Gasteiger partial charge in [-0.2, -0.15) is 16.8 Å². The number of unbranched alkanes of at least 4 members (excludes halogenated alkanes) is 4. The molecule has 0 aliphatic rings. The van der Waals surface area contributed by atoms with Crippen LogP contribution in [0.15, 0.2) is 0 Å². The van der Waals surface area contributed by atoms with Crippen molar-refractivity contribution < 1.29 is 20.5 Å². The number of hydrogen-bond donors (Lipinski definition) is 0. The number of rotatable bonds is 10. The van der Waals surface area contributed by atoms with Crippen LogP contribution in [0, 0.1) is 0 Å². The Labute approximate surface area is 105 Å². The summed E-state index contributed by atoms with van der Waals surface area (Å²) < 4.78 is 49.7. The lowest BCUT2D eigenvalue weighted by atomic mass is 10.3. The fourth-order valence-electron chi connectivity index (χ4n) is 1.28. The summed E-state index contributed by atoms with van der Waals surface area (Å²) in [5, 5.41) is 0. The van der Waals surface area contributed by atoms with Crippen LogP contribution in [0.25, 0.3) is 0 Å². The maximum absolute atomic E-state index is 11.4. The summed E-state index contributed by atoms with van der Waals surface area (Å²) >= 11 is 0. The quantitative estimate of drug-likeness (QED) is 0.574. The molecular weight excluding hydrogens is 264 g/mol. The van der Waals surface area contributed by atoms with E-state index in [1.807, 2.05) is 13.8 Å². The molecule has 0 bridgehead atoms. The molecule has 0 aromatic heterocycles. The summed E-state index contributed by atoms with van der Waals surface area (Å²) in [7, 11) is -7.87. The Hall–Kier alpha value is -0.140. The van der Waals surface area contributed by atoms with E-state index in [-0.39, 0.29) is 11.5 Å². The zero-order chi connectivity index (χ0) is 13.4.